The molecule has 142 valence electrons. The molecule has 27 heavy (non-hydrogen) atoms. The van der Waals surface area contributed by atoms with Crippen LogP contribution >= 0.6 is 0 Å². The fourth-order valence-electron chi connectivity index (χ4n) is 3.98. The van der Waals surface area contributed by atoms with Crippen LogP contribution in [0.3, 0.4) is 0 Å². The molecule has 2 atom stereocenters. The van der Waals surface area contributed by atoms with Crippen molar-refractivity contribution in [3.8, 4) is 16.9 Å². The molecule has 2 unspecified atom stereocenters. The van der Waals surface area contributed by atoms with Crippen molar-refractivity contribution in [2.75, 3.05) is 20.1 Å². The summed E-state index contributed by atoms with van der Waals surface area (Å²) in [7, 11) is 2.05. The van der Waals surface area contributed by atoms with Crippen molar-refractivity contribution < 1.29 is 9.53 Å². The number of aromatic nitrogens is 2. The number of ether oxygens (including phenoxy) is 1. The largest absolute Gasteiger partial charge is 0.488 e. The number of likely N-dealkylation sites (tertiary alicyclic amines) is 1. The Hall–Kier alpha value is -2.47. The number of nitrogens with zero attached hydrogens (tertiary/aromatic N) is 3. The molecule has 0 radical (unpaired) electrons. The van der Waals surface area contributed by atoms with Gasteiger partial charge in [-0.2, -0.15) is 0 Å². The number of benzene rings is 1. The lowest BCUT2D eigenvalue weighted by atomic mass is 10.0. The summed E-state index contributed by atoms with van der Waals surface area (Å²) in [6, 6.07) is 6.15. The summed E-state index contributed by atoms with van der Waals surface area (Å²) in [6.45, 7) is 1.54. The van der Waals surface area contributed by atoms with E-state index in [4.69, 9.17) is 4.74 Å². The topological polar surface area (TPSA) is 67.4 Å². The molecule has 6 heteroatoms. The Morgan fingerprint density at radius 3 is 2.93 bits per heavy atom. The molecule has 3 heterocycles. The zero-order valence-electron chi connectivity index (χ0n) is 15.7. The van der Waals surface area contributed by atoms with E-state index in [-0.39, 0.29) is 18.1 Å². The van der Waals surface area contributed by atoms with E-state index in [9.17, 15) is 4.79 Å². The van der Waals surface area contributed by atoms with Gasteiger partial charge in [0.25, 0.3) is 0 Å². The number of likely N-dealkylation sites (N-methyl/N-ethyl adjacent to an activating group) is 1. The van der Waals surface area contributed by atoms with Crippen LogP contribution in [0.15, 0.2) is 36.9 Å². The van der Waals surface area contributed by atoms with Crippen molar-refractivity contribution in [1.29, 1.82) is 0 Å². The number of carbonyl (C=O) groups is 1. The Balaban J connectivity index is 1.35. The summed E-state index contributed by atoms with van der Waals surface area (Å²) in [6.07, 6.45) is 10.4. The zero-order chi connectivity index (χ0) is 18.6. The third kappa shape index (κ3) is 4.11. The minimum Gasteiger partial charge on any atom is -0.488 e. The molecule has 2 aliphatic heterocycles. The molecule has 0 aliphatic carbocycles. The van der Waals surface area contributed by atoms with Gasteiger partial charge in [0.1, 0.15) is 18.2 Å². The molecule has 0 spiro atoms. The number of amides is 1. The van der Waals surface area contributed by atoms with Crippen LogP contribution in [0, 0.1) is 0 Å². The van der Waals surface area contributed by atoms with E-state index >= 15 is 0 Å². The Morgan fingerprint density at radius 1 is 1.22 bits per heavy atom. The van der Waals surface area contributed by atoms with E-state index in [1.165, 1.54) is 24.7 Å². The van der Waals surface area contributed by atoms with Crippen molar-refractivity contribution in [2.45, 2.75) is 44.2 Å². The molecule has 6 nitrogen and oxygen atoms in total. The number of hydrogen-bond donors (Lipinski definition) is 1. The normalized spacial score (nSPS) is 22.6. The maximum Gasteiger partial charge on any atom is 0.237 e. The first-order valence-corrected chi connectivity index (χ1v) is 9.73. The Kier molecular flexibility index (Phi) is 5.34. The number of nitrogens with one attached hydrogen (secondary N) is 1. The minimum absolute atomic E-state index is 0.0118. The first-order valence-electron chi connectivity index (χ1n) is 9.73. The van der Waals surface area contributed by atoms with Crippen molar-refractivity contribution in [3.05, 3.63) is 42.5 Å². The van der Waals surface area contributed by atoms with E-state index in [0.717, 1.165) is 42.7 Å². The van der Waals surface area contributed by atoms with Crippen LogP contribution in [-0.4, -0.2) is 53.1 Å². The van der Waals surface area contributed by atoms with Crippen LogP contribution < -0.4 is 10.1 Å². The second kappa shape index (κ2) is 8.05. The second-order valence-corrected chi connectivity index (χ2v) is 7.48. The van der Waals surface area contributed by atoms with Crippen molar-refractivity contribution in [3.63, 3.8) is 0 Å². The molecular weight excluding hydrogens is 340 g/mol. The lowest BCUT2D eigenvalue weighted by Crippen LogP contribution is -2.47. The standard InChI is InChI=1S/C21H26N4O2/c1-25-8-4-2-3-5-19(25)21(26)24-13-18-10-16-9-15(6-7-20(16)27-18)17-11-22-14-23-12-17/h6-7,9,11-12,14,18-19H,2-5,8,10,13H2,1H3,(H,24,26). The average Bonchev–Trinajstić information content (AvgIpc) is 2.99. The van der Waals surface area contributed by atoms with Gasteiger partial charge in [-0.1, -0.05) is 18.9 Å². The average molecular weight is 366 g/mol. The van der Waals surface area contributed by atoms with Gasteiger partial charge in [0.2, 0.25) is 5.91 Å². The van der Waals surface area contributed by atoms with Gasteiger partial charge in [-0.3, -0.25) is 9.69 Å². The molecule has 0 bridgehead atoms. The molecule has 1 fully saturated rings. The molecule has 1 saturated heterocycles. The highest BCUT2D eigenvalue weighted by atomic mass is 16.5. The lowest BCUT2D eigenvalue weighted by molar-refractivity contribution is -0.126. The quantitative estimate of drug-likeness (QED) is 0.900. The lowest BCUT2D eigenvalue weighted by Gasteiger charge is -2.25. The van der Waals surface area contributed by atoms with Crippen LogP contribution in [0.25, 0.3) is 11.1 Å². The van der Waals surface area contributed by atoms with Gasteiger partial charge in [-0.25, -0.2) is 9.97 Å². The van der Waals surface area contributed by atoms with E-state index in [2.05, 4.69) is 26.3 Å². The predicted molar refractivity (Wildman–Crippen MR) is 103 cm³/mol. The van der Waals surface area contributed by atoms with Gasteiger partial charge in [-0.05, 0) is 49.7 Å². The summed E-state index contributed by atoms with van der Waals surface area (Å²) >= 11 is 0. The summed E-state index contributed by atoms with van der Waals surface area (Å²) in [5.74, 6) is 1.03. The molecule has 1 N–H and O–H groups in total. The molecule has 0 saturated carbocycles. The van der Waals surface area contributed by atoms with Gasteiger partial charge < -0.3 is 10.1 Å². The predicted octanol–water partition coefficient (Wildman–Crippen LogP) is 2.44. The summed E-state index contributed by atoms with van der Waals surface area (Å²) in [5.41, 5.74) is 3.25. The molecule has 4 rings (SSSR count). The number of fused-ring (bicyclic) bond motifs is 1. The van der Waals surface area contributed by atoms with Crippen LogP contribution in [0.5, 0.6) is 5.75 Å². The molecule has 1 amide bonds. The fourth-order valence-corrected chi connectivity index (χ4v) is 3.98. The van der Waals surface area contributed by atoms with Crippen LogP contribution in [0.1, 0.15) is 31.2 Å². The summed E-state index contributed by atoms with van der Waals surface area (Å²) in [4.78, 5) is 23.0. The maximum atomic E-state index is 12.6. The van der Waals surface area contributed by atoms with E-state index in [0.29, 0.717) is 6.54 Å². The van der Waals surface area contributed by atoms with E-state index in [1.807, 2.05) is 31.6 Å². The van der Waals surface area contributed by atoms with Crippen LogP contribution in [0.2, 0.25) is 0 Å². The second-order valence-electron chi connectivity index (χ2n) is 7.48. The monoisotopic (exact) mass is 366 g/mol. The number of hydrogen-bond acceptors (Lipinski definition) is 5. The smallest absolute Gasteiger partial charge is 0.237 e. The van der Waals surface area contributed by atoms with Gasteiger partial charge >= 0.3 is 0 Å². The molecule has 2 aliphatic rings. The van der Waals surface area contributed by atoms with Crippen LogP contribution in [0.4, 0.5) is 0 Å². The van der Waals surface area contributed by atoms with Crippen molar-refractivity contribution in [1.82, 2.24) is 20.2 Å². The highest BCUT2D eigenvalue weighted by molar-refractivity contribution is 5.81. The van der Waals surface area contributed by atoms with Crippen LogP contribution in [-0.2, 0) is 11.2 Å². The molecular formula is C21H26N4O2. The zero-order valence-corrected chi connectivity index (χ0v) is 15.7. The highest BCUT2D eigenvalue weighted by Gasteiger charge is 2.27. The summed E-state index contributed by atoms with van der Waals surface area (Å²) < 4.78 is 6.03. The maximum absolute atomic E-state index is 12.6. The molecule has 1 aromatic carbocycles. The first kappa shape index (κ1) is 17.9. The van der Waals surface area contributed by atoms with Crippen molar-refractivity contribution in [2.24, 2.45) is 0 Å². The number of carbonyl (C=O) groups excluding carboxylic acids is 1. The molecule has 2 aromatic rings. The minimum atomic E-state index is -0.0130. The third-order valence-electron chi connectivity index (χ3n) is 5.52. The summed E-state index contributed by atoms with van der Waals surface area (Å²) in [5, 5.41) is 3.11. The van der Waals surface area contributed by atoms with Gasteiger partial charge in [0.15, 0.2) is 0 Å². The third-order valence-corrected chi connectivity index (χ3v) is 5.52. The Bertz CT molecular complexity index is 796. The molecule has 1 aromatic heterocycles. The first-order chi connectivity index (χ1) is 13.2. The number of rotatable bonds is 4. The SMILES string of the molecule is CN1CCCCCC1C(=O)NCC1Cc2cc(-c3cncnc3)ccc2O1. The highest BCUT2D eigenvalue weighted by Crippen LogP contribution is 2.32. The van der Waals surface area contributed by atoms with E-state index in [1.54, 1.807) is 0 Å². The Morgan fingerprint density at radius 2 is 2.07 bits per heavy atom. The van der Waals surface area contributed by atoms with Gasteiger partial charge in [0, 0.05) is 24.4 Å². The Labute approximate surface area is 160 Å². The van der Waals surface area contributed by atoms with Crippen molar-refractivity contribution >= 4 is 5.91 Å². The fraction of sp³-hybridized carbons (Fsp3) is 0.476. The van der Waals surface area contributed by atoms with Gasteiger partial charge in [0.05, 0.1) is 12.6 Å². The van der Waals surface area contributed by atoms with E-state index < -0.39 is 0 Å². The van der Waals surface area contributed by atoms with Gasteiger partial charge in [-0.15, -0.1) is 0 Å².